The van der Waals surface area contributed by atoms with Gasteiger partial charge in [0.15, 0.2) is 5.16 Å². The van der Waals surface area contributed by atoms with Crippen LogP contribution in [0, 0.1) is 5.92 Å². The molecule has 0 aliphatic heterocycles. The van der Waals surface area contributed by atoms with E-state index >= 15 is 0 Å². The molecule has 1 fully saturated rings. The Kier molecular flexibility index (Phi) is 5.39. The minimum absolute atomic E-state index is 0.103. The fourth-order valence-electron chi connectivity index (χ4n) is 3.05. The van der Waals surface area contributed by atoms with Crippen LogP contribution in [0.25, 0.3) is 11.3 Å². The summed E-state index contributed by atoms with van der Waals surface area (Å²) in [5.74, 6) is 1.10. The van der Waals surface area contributed by atoms with Gasteiger partial charge in [0.05, 0.1) is 17.6 Å². The van der Waals surface area contributed by atoms with Gasteiger partial charge < -0.3 is 10.3 Å². The summed E-state index contributed by atoms with van der Waals surface area (Å²) >= 11 is 1.46. The molecule has 0 spiro atoms. The molecule has 23 heavy (non-hydrogen) atoms. The van der Waals surface area contributed by atoms with Gasteiger partial charge in [-0.05, 0) is 24.3 Å². The quantitative estimate of drug-likeness (QED) is 0.819. The lowest BCUT2D eigenvalue weighted by Crippen LogP contribution is -2.41. The van der Waals surface area contributed by atoms with Gasteiger partial charge in [0.1, 0.15) is 0 Å². The monoisotopic (exact) mass is 329 g/mol. The number of benzene rings is 1. The van der Waals surface area contributed by atoms with E-state index in [2.05, 4.69) is 22.2 Å². The molecule has 0 unspecified atom stereocenters. The second-order valence-electron chi connectivity index (χ2n) is 6.19. The van der Waals surface area contributed by atoms with Gasteiger partial charge in [-0.25, -0.2) is 4.98 Å². The Morgan fingerprint density at radius 3 is 2.87 bits per heavy atom. The van der Waals surface area contributed by atoms with E-state index in [1.807, 2.05) is 36.5 Å². The van der Waals surface area contributed by atoms with Crippen LogP contribution in [0.4, 0.5) is 0 Å². The van der Waals surface area contributed by atoms with Crippen molar-refractivity contribution in [3.63, 3.8) is 0 Å². The number of thioether (sulfide) groups is 1. The van der Waals surface area contributed by atoms with Crippen molar-refractivity contribution in [2.24, 2.45) is 5.92 Å². The molecule has 1 heterocycles. The van der Waals surface area contributed by atoms with Gasteiger partial charge in [-0.3, -0.25) is 4.79 Å². The fourth-order valence-corrected chi connectivity index (χ4v) is 3.71. The highest BCUT2D eigenvalue weighted by Gasteiger charge is 2.22. The zero-order chi connectivity index (χ0) is 16.1. The number of imidazole rings is 1. The van der Waals surface area contributed by atoms with Crippen LogP contribution in [0.15, 0.2) is 41.7 Å². The van der Waals surface area contributed by atoms with E-state index < -0.39 is 0 Å². The second-order valence-corrected chi connectivity index (χ2v) is 7.16. The molecule has 2 N–H and O–H groups in total. The molecule has 4 nitrogen and oxygen atoms in total. The predicted octanol–water partition coefficient (Wildman–Crippen LogP) is 3.86. The summed E-state index contributed by atoms with van der Waals surface area (Å²) in [4.78, 5) is 19.8. The van der Waals surface area contributed by atoms with Crippen molar-refractivity contribution < 1.29 is 4.79 Å². The highest BCUT2D eigenvalue weighted by Crippen LogP contribution is 2.24. The molecule has 2 atom stereocenters. The van der Waals surface area contributed by atoms with Crippen molar-refractivity contribution in [1.82, 2.24) is 15.3 Å². The highest BCUT2D eigenvalue weighted by molar-refractivity contribution is 7.99. The Balaban J connectivity index is 1.50. The standard InChI is InChI=1S/C18H23N3OS/c1-13-7-5-6-10-15(13)20-17(22)12-23-18-19-11-16(21-18)14-8-3-2-4-9-14/h2-4,8-9,11,13,15H,5-7,10,12H2,1H3,(H,19,21)(H,20,22)/t13-,15+/m1/s1. The number of amides is 1. The molecule has 122 valence electrons. The number of nitrogens with zero attached hydrogens (tertiary/aromatic N) is 1. The van der Waals surface area contributed by atoms with Crippen LogP contribution in [0.5, 0.6) is 0 Å². The van der Waals surface area contributed by atoms with E-state index in [0.29, 0.717) is 17.7 Å². The summed E-state index contributed by atoms with van der Waals surface area (Å²) in [6.07, 6.45) is 6.66. The Bertz CT molecular complexity index is 641. The van der Waals surface area contributed by atoms with Crippen molar-refractivity contribution in [3.8, 4) is 11.3 Å². The maximum absolute atomic E-state index is 12.1. The minimum atomic E-state index is 0.103. The van der Waals surface area contributed by atoms with E-state index in [-0.39, 0.29) is 5.91 Å². The van der Waals surface area contributed by atoms with Crippen molar-refractivity contribution >= 4 is 17.7 Å². The number of carbonyl (C=O) groups is 1. The number of H-pyrrole nitrogens is 1. The van der Waals surface area contributed by atoms with Crippen molar-refractivity contribution in [1.29, 1.82) is 0 Å². The van der Waals surface area contributed by atoms with Crippen LogP contribution in [0.1, 0.15) is 32.6 Å². The predicted molar refractivity (Wildman–Crippen MR) is 94.3 cm³/mol. The summed E-state index contributed by atoms with van der Waals surface area (Å²) in [7, 11) is 0. The summed E-state index contributed by atoms with van der Waals surface area (Å²) < 4.78 is 0. The zero-order valence-corrected chi connectivity index (χ0v) is 14.2. The third kappa shape index (κ3) is 4.38. The largest absolute Gasteiger partial charge is 0.352 e. The summed E-state index contributed by atoms with van der Waals surface area (Å²) in [6.45, 7) is 2.23. The molecule has 1 aromatic carbocycles. The number of nitrogens with one attached hydrogen (secondary N) is 2. The van der Waals surface area contributed by atoms with Gasteiger partial charge in [-0.1, -0.05) is 61.9 Å². The van der Waals surface area contributed by atoms with Crippen LogP contribution in [-0.2, 0) is 4.79 Å². The molecule has 1 aliphatic rings. The van der Waals surface area contributed by atoms with Gasteiger partial charge in [-0.15, -0.1) is 0 Å². The molecule has 1 amide bonds. The number of hydrogen-bond donors (Lipinski definition) is 2. The highest BCUT2D eigenvalue weighted by atomic mass is 32.2. The molecule has 0 saturated heterocycles. The average molecular weight is 329 g/mol. The first-order chi connectivity index (χ1) is 11.2. The topological polar surface area (TPSA) is 57.8 Å². The smallest absolute Gasteiger partial charge is 0.230 e. The SMILES string of the molecule is C[C@@H]1CCCC[C@@H]1NC(=O)CSc1ncc(-c2ccccc2)[nH]1. The molecule has 5 heteroatoms. The van der Waals surface area contributed by atoms with Gasteiger partial charge in [0.2, 0.25) is 5.91 Å². The number of hydrogen-bond acceptors (Lipinski definition) is 3. The Labute approximate surface area is 141 Å². The van der Waals surface area contributed by atoms with Crippen LogP contribution in [0.3, 0.4) is 0 Å². The first-order valence-electron chi connectivity index (χ1n) is 8.25. The maximum Gasteiger partial charge on any atom is 0.230 e. The van der Waals surface area contributed by atoms with E-state index in [0.717, 1.165) is 22.8 Å². The van der Waals surface area contributed by atoms with Crippen molar-refractivity contribution in [2.45, 2.75) is 43.8 Å². The van der Waals surface area contributed by atoms with E-state index in [1.54, 1.807) is 0 Å². The molecular formula is C18H23N3OS. The minimum Gasteiger partial charge on any atom is -0.352 e. The van der Waals surface area contributed by atoms with Crippen LogP contribution >= 0.6 is 11.8 Å². The Hall–Kier alpha value is -1.75. The van der Waals surface area contributed by atoms with Gasteiger partial charge in [0.25, 0.3) is 0 Å². The Morgan fingerprint density at radius 1 is 1.30 bits per heavy atom. The normalized spacial score (nSPS) is 21.1. The first-order valence-corrected chi connectivity index (χ1v) is 9.23. The molecule has 1 aliphatic carbocycles. The molecular weight excluding hydrogens is 306 g/mol. The fraction of sp³-hybridized carbons (Fsp3) is 0.444. The lowest BCUT2D eigenvalue weighted by Gasteiger charge is -2.29. The molecule has 0 bridgehead atoms. The number of carbonyl (C=O) groups excluding carboxylic acids is 1. The molecule has 1 saturated carbocycles. The van der Waals surface area contributed by atoms with E-state index in [4.69, 9.17) is 0 Å². The first kappa shape index (κ1) is 16.1. The summed E-state index contributed by atoms with van der Waals surface area (Å²) in [5.41, 5.74) is 2.08. The lowest BCUT2D eigenvalue weighted by atomic mass is 9.86. The third-order valence-electron chi connectivity index (χ3n) is 4.44. The third-order valence-corrected chi connectivity index (χ3v) is 5.32. The average Bonchev–Trinajstić information content (AvgIpc) is 3.05. The summed E-state index contributed by atoms with van der Waals surface area (Å²) in [5, 5.41) is 3.96. The number of aromatic nitrogens is 2. The Morgan fingerprint density at radius 2 is 2.09 bits per heavy atom. The number of aromatic amines is 1. The molecule has 0 radical (unpaired) electrons. The molecule has 2 aromatic rings. The van der Waals surface area contributed by atoms with Crippen LogP contribution in [-0.4, -0.2) is 27.7 Å². The maximum atomic E-state index is 12.1. The summed E-state index contributed by atoms with van der Waals surface area (Å²) in [6, 6.07) is 10.4. The van der Waals surface area contributed by atoms with Gasteiger partial charge >= 0.3 is 0 Å². The van der Waals surface area contributed by atoms with Crippen molar-refractivity contribution in [2.75, 3.05) is 5.75 Å². The lowest BCUT2D eigenvalue weighted by molar-refractivity contribution is -0.119. The molecule has 1 aromatic heterocycles. The van der Waals surface area contributed by atoms with Crippen LogP contribution < -0.4 is 5.32 Å². The second kappa shape index (κ2) is 7.68. The van der Waals surface area contributed by atoms with Gasteiger partial charge in [-0.2, -0.15) is 0 Å². The van der Waals surface area contributed by atoms with Gasteiger partial charge in [0, 0.05) is 6.04 Å². The van der Waals surface area contributed by atoms with E-state index in [9.17, 15) is 4.79 Å². The zero-order valence-electron chi connectivity index (χ0n) is 13.4. The molecule has 3 rings (SSSR count). The van der Waals surface area contributed by atoms with Crippen LogP contribution in [0.2, 0.25) is 0 Å². The number of rotatable bonds is 5. The van der Waals surface area contributed by atoms with E-state index in [1.165, 1.54) is 31.0 Å². The van der Waals surface area contributed by atoms with Crippen molar-refractivity contribution in [3.05, 3.63) is 36.5 Å².